The van der Waals surface area contributed by atoms with Gasteiger partial charge in [-0.05, 0) is 48.5 Å². The van der Waals surface area contributed by atoms with Crippen LogP contribution in [0.5, 0.6) is 0 Å². The molecule has 8 aromatic rings. The molecule has 0 unspecified atom stereocenters. The number of fused-ring (bicyclic) bond motifs is 6. The Balaban J connectivity index is 1.36. The Labute approximate surface area is 252 Å². The maximum atomic E-state index is 5.33. The Morgan fingerprint density at radius 3 is 1.81 bits per heavy atom. The van der Waals surface area contributed by atoms with Crippen LogP contribution in [-0.4, -0.2) is 19.5 Å². The molecule has 0 bridgehead atoms. The predicted octanol–water partition coefficient (Wildman–Crippen LogP) is 9.72. The van der Waals surface area contributed by atoms with Gasteiger partial charge in [-0.2, -0.15) is 4.98 Å². The average Bonchev–Trinajstić information content (AvgIpc) is 3.41. The summed E-state index contributed by atoms with van der Waals surface area (Å²) in [5.41, 5.74) is 6.81. The van der Waals surface area contributed by atoms with Crippen molar-refractivity contribution in [2.75, 3.05) is 4.90 Å². The Morgan fingerprint density at radius 1 is 0.488 bits per heavy atom. The molecular formula is C37H23N5S. The molecule has 5 aromatic carbocycles. The number of pyridine rings is 1. The molecule has 3 aromatic heterocycles. The second-order valence-electron chi connectivity index (χ2n) is 10.5. The molecule has 6 heteroatoms. The van der Waals surface area contributed by atoms with Crippen LogP contribution < -0.4 is 4.90 Å². The molecule has 4 heterocycles. The standard InChI is InChI=1S/C37H23N5S/c1-4-14-27-24(11-1)21-22-28(38-27)29-23-36(41-30-15-5-2-12-25(30)26-13-3-6-16-31(26)41)40-37(39-29)42-32-17-7-9-19-34(32)43-35-20-10-8-18-33(35)42/h1-23H. The van der Waals surface area contributed by atoms with Crippen LogP contribution >= 0.6 is 11.8 Å². The summed E-state index contributed by atoms with van der Waals surface area (Å²) in [7, 11) is 0. The lowest BCUT2D eigenvalue weighted by Gasteiger charge is -2.31. The molecule has 0 spiro atoms. The highest BCUT2D eigenvalue weighted by Gasteiger charge is 2.27. The topological polar surface area (TPSA) is 46.8 Å². The van der Waals surface area contributed by atoms with Gasteiger partial charge in [-0.1, -0.05) is 96.7 Å². The number of hydrogen-bond acceptors (Lipinski definition) is 5. The van der Waals surface area contributed by atoms with Crippen molar-refractivity contribution in [2.24, 2.45) is 0 Å². The van der Waals surface area contributed by atoms with Crippen molar-refractivity contribution in [1.29, 1.82) is 0 Å². The Hall–Kier alpha value is -5.46. The molecule has 0 aliphatic carbocycles. The van der Waals surface area contributed by atoms with Crippen molar-refractivity contribution in [3.63, 3.8) is 0 Å². The minimum absolute atomic E-state index is 0.601. The minimum atomic E-state index is 0.601. The third kappa shape index (κ3) is 3.84. The van der Waals surface area contributed by atoms with Gasteiger partial charge < -0.3 is 0 Å². The molecule has 0 saturated heterocycles. The van der Waals surface area contributed by atoms with E-state index in [4.69, 9.17) is 15.0 Å². The SMILES string of the molecule is c1ccc2c(c1)Sc1ccccc1N2c1nc(-c2ccc3ccccc3n2)cc(-n2c3ccccc3c3ccccc32)n1. The van der Waals surface area contributed by atoms with Gasteiger partial charge in [-0.3, -0.25) is 9.47 Å². The summed E-state index contributed by atoms with van der Waals surface area (Å²) in [6.07, 6.45) is 0. The lowest BCUT2D eigenvalue weighted by Crippen LogP contribution is -2.18. The minimum Gasteiger partial charge on any atom is -0.294 e. The van der Waals surface area contributed by atoms with Crippen LogP contribution in [0.3, 0.4) is 0 Å². The first-order valence-corrected chi connectivity index (χ1v) is 15.0. The summed E-state index contributed by atoms with van der Waals surface area (Å²) in [6.45, 7) is 0. The molecule has 0 amide bonds. The van der Waals surface area contributed by atoms with Crippen LogP contribution in [-0.2, 0) is 0 Å². The van der Waals surface area contributed by atoms with Gasteiger partial charge in [0.05, 0.1) is 39.3 Å². The van der Waals surface area contributed by atoms with Gasteiger partial charge in [-0.15, -0.1) is 0 Å². The van der Waals surface area contributed by atoms with Crippen LogP contribution in [0.4, 0.5) is 17.3 Å². The van der Waals surface area contributed by atoms with Gasteiger partial charge in [0.25, 0.3) is 0 Å². The van der Waals surface area contributed by atoms with Crippen molar-refractivity contribution in [3.05, 3.63) is 140 Å². The molecule has 9 rings (SSSR count). The highest BCUT2D eigenvalue weighted by molar-refractivity contribution is 7.99. The van der Waals surface area contributed by atoms with E-state index in [1.54, 1.807) is 11.8 Å². The Morgan fingerprint density at radius 2 is 1.09 bits per heavy atom. The zero-order chi connectivity index (χ0) is 28.3. The molecule has 0 radical (unpaired) electrons. The fraction of sp³-hybridized carbons (Fsp3) is 0. The number of aromatic nitrogens is 4. The van der Waals surface area contributed by atoms with E-state index in [1.807, 2.05) is 18.2 Å². The zero-order valence-electron chi connectivity index (χ0n) is 22.9. The summed E-state index contributed by atoms with van der Waals surface area (Å²) in [6, 6.07) is 48.3. The normalized spacial score (nSPS) is 12.5. The van der Waals surface area contributed by atoms with E-state index in [2.05, 4.69) is 131 Å². The number of para-hydroxylation sites is 5. The average molecular weight is 570 g/mol. The van der Waals surface area contributed by atoms with E-state index in [1.165, 1.54) is 10.8 Å². The quantitative estimate of drug-likeness (QED) is 0.212. The van der Waals surface area contributed by atoms with Crippen LogP contribution in [0.1, 0.15) is 0 Å². The van der Waals surface area contributed by atoms with Gasteiger partial charge in [0.15, 0.2) is 0 Å². The Bertz CT molecular complexity index is 2260. The van der Waals surface area contributed by atoms with Gasteiger partial charge in [0.2, 0.25) is 5.95 Å². The summed E-state index contributed by atoms with van der Waals surface area (Å²) in [4.78, 5) is 20.1. The molecule has 0 atom stereocenters. The molecule has 43 heavy (non-hydrogen) atoms. The van der Waals surface area contributed by atoms with Crippen LogP contribution in [0.2, 0.25) is 0 Å². The van der Waals surface area contributed by atoms with E-state index < -0.39 is 0 Å². The number of nitrogens with zero attached hydrogens (tertiary/aromatic N) is 5. The van der Waals surface area contributed by atoms with Gasteiger partial charge in [0, 0.05) is 32.0 Å². The highest BCUT2D eigenvalue weighted by Crippen LogP contribution is 2.50. The van der Waals surface area contributed by atoms with Crippen LogP contribution in [0.15, 0.2) is 149 Å². The molecule has 0 N–H and O–H groups in total. The molecule has 1 aliphatic heterocycles. The van der Waals surface area contributed by atoms with Gasteiger partial charge in [0.1, 0.15) is 5.82 Å². The predicted molar refractivity (Wildman–Crippen MR) is 176 cm³/mol. The second kappa shape index (κ2) is 9.54. The van der Waals surface area contributed by atoms with Crippen molar-refractivity contribution >= 4 is 61.8 Å². The number of benzene rings is 5. The zero-order valence-corrected chi connectivity index (χ0v) is 23.7. The van der Waals surface area contributed by atoms with E-state index >= 15 is 0 Å². The lowest BCUT2D eigenvalue weighted by atomic mass is 10.1. The van der Waals surface area contributed by atoms with E-state index in [0.29, 0.717) is 5.95 Å². The smallest absolute Gasteiger partial charge is 0.237 e. The van der Waals surface area contributed by atoms with E-state index in [0.717, 1.165) is 60.3 Å². The first kappa shape index (κ1) is 24.2. The maximum Gasteiger partial charge on any atom is 0.237 e. The third-order valence-corrected chi connectivity index (χ3v) is 9.13. The molecule has 1 aliphatic rings. The fourth-order valence-electron chi connectivity index (χ4n) is 6.07. The van der Waals surface area contributed by atoms with Gasteiger partial charge >= 0.3 is 0 Å². The lowest BCUT2D eigenvalue weighted by molar-refractivity contribution is 0.993. The van der Waals surface area contributed by atoms with Gasteiger partial charge in [-0.25, -0.2) is 9.97 Å². The Kier molecular flexibility index (Phi) is 5.36. The van der Waals surface area contributed by atoms with Crippen LogP contribution in [0.25, 0.3) is 49.9 Å². The van der Waals surface area contributed by atoms with Crippen molar-refractivity contribution < 1.29 is 0 Å². The second-order valence-corrected chi connectivity index (χ2v) is 11.6. The fourth-order valence-corrected chi connectivity index (χ4v) is 7.12. The van der Waals surface area contributed by atoms with E-state index in [-0.39, 0.29) is 0 Å². The third-order valence-electron chi connectivity index (χ3n) is 8.00. The summed E-state index contributed by atoms with van der Waals surface area (Å²) >= 11 is 1.77. The first-order chi connectivity index (χ1) is 21.3. The molecule has 0 saturated carbocycles. The highest BCUT2D eigenvalue weighted by atomic mass is 32.2. The maximum absolute atomic E-state index is 5.33. The monoisotopic (exact) mass is 569 g/mol. The van der Waals surface area contributed by atoms with E-state index in [9.17, 15) is 0 Å². The first-order valence-electron chi connectivity index (χ1n) is 14.2. The molecule has 5 nitrogen and oxygen atoms in total. The number of anilines is 3. The number of rotatable bonds is 3. The largest absolute Gasteiger partial charge is 0.294 e. The molecule has 0 fully saturated rings. The number of hydrogen-bond donors (Lipinski definition) is 0. The van der Waals surface area contributed by atoms with Crippen molar-refractivity contribution in [3.8, 4) is 17.2 Å². The summed E-state index contributed by atoms with van der Waals surface area (Å²) < 4.78 is 2.25. The van der Waals surface area contributed by atoms with Crippen LogP contribution in [0, 0.1) is 0 Å². The molecule has 202 valence electrons. The summed E-state index contributed by atoms with van der Waals surface area (Å²) in [5.74, 6) is 1.39. The molecular weight excluding hydrogens is 547 g/mol. The van der Waals surface area contributed by atoms with Crippen molar-refractivity contribution in [1.82, 2.24) is 19.5 Å². The van der Waals surface area contributed by atoms with Crippen molar-refractivity contribution in [2.45, 2.75) is 9.79 Å². The summed E-state index contributed by atoms with van der Waals surface area (Å²) in [5, 5.41) is 3.47.